The van der Waals surface area contributed by atoms with E-state index in [1.165, 1.54) is 12.1 Å². The minimum Gasteiger partial charge on any atom is -0.340 e. The molecule has 0 amide bonds. The Hall–Kier alpha value is -3.46. The van der Waals surface area contributed by atoms with E-state index in [0.29, 0.717) is 23.0 Å². The fraction of sp³-hybridized carbons (Fsp3) is 0.0556. The van der Waals surface area contributed by atoms with Crippen LogP contribution in [0.15, 0.2) is 54.6 Å². The van der Waals surface area contributed by atoms with Gasteiger partial charge in [0.2, 0.25) is 5.95 Å². The van der Waals surface area contributed by atoms with Crippen LogP contribution in [0.3, 0.4) is 0 Å². The lowest BCUT2D eigenvalue weighted by Gasteiger charge is -2.10. The molecule has 0 atom stereocenters. The highest BCUT2D eigenvalue weighted by Gasteiger charge is 2.04. The van der Waals surface area contributed by atoms with E-state index in [2.05, 4.69) is 26.7 Å². The molecule has 0 fully saturated rings. The van der Waals surface area contributed by atoms with Crippen molar-refractivity contribution in [1.82, 2.24) is 9.97 Å². The van der Waals surface area contributed by atoms with E-state index in [1.807, 2.05) is 6.92 Å². The Bertz CT molecular complexity index is 900. The Kier molecular flexibility index (Phi) is 4.34. The number of aromatic nitrogens is 2. The Morgan fingerprint density at radius 3 is 2.46 bits per heavy atom. The van der Waals surface area contributed by atoms with Gasteiger partial charge in [-0.2, -0.15) is 10.2 Å². The molecular formula is C18H14FN5. The van der Waals surface area contributed by atoms with Gasteiger partial charge in [-0.25, -0.2) is 9.37 Å². The second-order valence-corrected chi connectivity index (χ2v) is 5.17. The maximum Gasteiger partial charge on any atom is 0.229 e. The lowest BCUT2D eigenvalue weighted by Crippen LogP contribution is -2.02. The smallest absolute Gasteiger partial charge is 0.229 e. The minimum atomic E-state index is -0.318. The normalized spacial score (nSPS) is 10.0. The molecule has 2 aromatic carbocycles. The van der Waals surface area contributed by atoms with Crippen molar-refractivity contribution in [2.24, 2.45) is 0 Å². The highest BCUT2D eigenvalue weighted by Crippen LogP contribution is 2.20. The number of aryl methyl sites for hydroxylation is 1. The van der Waals surface area contributed by atoms with Crippen LogP contribution in [0, 0.1) is 24.1 Å². The van der Waals surface area contributed by atoms with Crippen LogP contribution in [-0.4, -0.2) is 9.97 Å². The summed E-state index contributed by atoms with van der Waals surface area (Å²) in [6, 6.07) is 17.0. The van der Waals surface area contributed by atoms with Gasteiger partial charge < -0.3 is 10.6 Å². The summed E-state index contributed by atoms with van der Waals surface area (Å²) in [6.45, 7) is 1.85. The zero-order chi connectivity index (χ0) is 16.9. The first kappa shape index (κ1) is 15.4. The zero-order valence-electron chi connectivity index (χ0n) is 12.9. The Labute approximate surface area is 138 Å². The van der Waals surface area contributed by atoms with Gasteiger partial charge in [-0.3, -0.25) is 0 Å². The van der Waals surface area contributed by atoms with Crippen LogP contribution in [0.1, 0.15) is 11.3 Å². The number of nitrogens with one attached hydrogen (secondary N) is 2. The van der Waals surface area contributed by atoms with E-state index in [9.17, 15) is 4.39 Å². The first-order valence-electron chi connectivity index (χ1n) is 7.28. The van der Waals surface area contributed by atoms with Crippen molar-refractivity contribution in [3.8, 4) is 6.07 Å². The number of anilines is 4. The molecule has 2 N–H and O–H groups in total. The minimum absolute atomic E-state index is 0.318. The molecule has 0 radical (unpaired) electrons. The van der Waals surface area contributed by atoms with Crippen LogP contribution in [-0.2, 0) is 0 Å². The molecular weight excluding hydrogens is 305 g/mol. The monoisotopic (exact) mass is 319 g/mol. The van der Waals surface area contributed by atoms with Gasteiger partial charge in [-0.15, -0.1) is 0 Å². The summed E-state index contributed by atoms with van der Waals surface area (Å²) in [5.74, 6) is 0.657. The molecule has 0 aliphatic carbocycles. The van der Waals surface area contributed by atoms with Crippen molar-refractivity contribution >= 4 is 23.1 Å². The standard InChI is InChI=1S/C18H14FN5/c1-12-9-17(22-16-4-2-3-14(19)10-16)24-18(21-12)23-15-7-5-13(11-20)6-8-15/h2-10H,1H3,(H2,21,22,23,24). The quantitative estimate of drug-likeness (QED) is 0.750. The first-order chi connectivity index (χ1) is 11.6. The van der Waals surface area contributed by atoms with Crippen LogP contribution in [0.2, 0.25) is 0 Å². The summed E-state index contributed by atoms with van der Waals surface area (Å²) < 4.78 is 13.3. The lowest BCUT2D eigenvalue weighted by molar-refractivity contribution is 0.628. The molecule has 3 aromatic rings. The molecule has 6 heteroatoms. The van der Waals surface area contributed by atoms with Crippen molar-refractivity contribution in [1.29, 1.82) is 5.26 Å². The summed E-state index contributed by atoms with van der Waals surface area (Å²) in [7, 11) is 0. The van der Waals surface area contributed by atoms with Gasteiger partial charge in [-0.05, 0) is 49.4 Å². The number of nitrogens with zero attached hydrogens (tertiary/aromatic N) is 3. The second-order valence-electron chi connectivity index (χ2n) is 5.17. The summed E-state index contributed by atoms with van der Waals surface area (Å²) in [6.07, 6.45) is 0. The predicted octanol–water partition coefficient (Wildman–Crippen LogP) is 4.28. The Balaban J connectivity index is 1.81. The highest BCUT2D eigenvalue weighted by atomic mass is 19.1. The first-order valence-corrected chi connectivity index (χ1v) is 7.28. The van der Waals surface area contributed by atoms with Crippen LogP contribution in [0.25, 0.3) is 0 Å². The molecule has 24 heavy (non-hydrogen) atoms. The van der Waals surface area contributed by atoms with Crippen LogP contribution >= 0.6 is 0 Å². The second kappa shape index (κ2) is 6.75. The lowest BCUT2D eigenvalue weighted by atomic mass is 10.2. The van der Waals surface area contributed by atoms with E-state index >= 15 is 0 Å². The van der Waals surface area contributed by atoms with E-state index in [0.717, 1.165) is 11.4 Å². The van der Waals surface area contributed by atoms with E-state index in [-0.39, 0.29) is 5.82 Å². The van der Waals surface area contributed by atoms with E-state index in [1.54, 1.807) is 42.5 Å². The maximum absolute atomic E-state index is 13.3. The third-order valence-corrected chi connectivity index (χ3v) is 3.22. The number of rotatable bonds is 4. The predicted molar refractivity (Wildman–Crippen MR) is 90.9 cm³/mol. The van der Waals surface area contributed by atoms with Gasteiger partial charge in [0.1, 0.15) is 11.6 Å². The number of halogens is 1. The van der Waals surface area contributed by atoms with Gasteiger partial charge in [0.25, 0.3) is 0 Å². The molecule has 5 nitrogen and oxygen atoms in total. The molecule has 0 unspecified atom stereocenters. The summed E-state index contributed by atoms with van der Waals surface area (Å²) >= 11 is 0. The SMILES string of the molecule is Cc1cc(Nc2cccc(F)c2)nc(Nc2ccc(C#N)cc2)n1. The zero-order valence-corrected chi connectivity index (χ0v) is 12.9. The van der Waals surface area contributed by atoms with Crippen LogP contribution in [0.4, 0.5) is 27.5 Å². The Morgan fingerprint density at radius 2 is 1.75 bits per heavy atom. The average molecular weight is 319 g/mol. The van der Waals surface area contributed by atoms with Gasteiger partial charge in [0.15, 0.2) is 0 Å². The molecule has 3 rings (SSSR count). The Morgan fingerprint density at radius 1 is 0.958 bits per heavy atom. The van der Waals surface area contributed by atoms with Gasteiger partial charge in [0.05, 0.1) is 11.6 Å². The van der Waals surface area contributed by atoms with Crippen LogP contribution < -0.4 is 10.6 Å². The number of hydrogen-bond donors (Lipinski definition) is 2. The van der Waals surface area contributed by atoms with Crippen molar-refractivity contribution in [3.05, 3.63) is 71.7 Å². The fourth-order valence-corrected chi connectivity index (χ4v) is 2.16. The third kappa shape index (κ3) is 3.84. The van der Waals surface area contributed by atoms with Crippen molar-refractivity contribution in [2.45, 2.75) is 6.92 Å². The number of nitriles is 1. The molecule has 1 aromatic heterocycles. The largest absolute Gasteiger partial charge is 0.340 e. The average Bonchev–Trinajstić information content (AvgIpc) is 2.55. The van der Waals surface area contributed by atoms with E-state index in [4.69, 9.17) is 5.26 Å². The molecule has 0 bridgehead atoms. The molecule has 0 saturated heterocycles. The summed E-state index contributed by atoms with van der Waals surface area (Å²) in [5.41, 5.74) is 2.73. The maximum atomic E-state index is 13.3. The third-order valence-electron chi connectivity index (χ3n) is 3.22. The summed E-state index contributed by atoms with van der Waals surface area (Å²) in [5, 5.41) is 15.0. The van der Waals surface area contributed by atoms with Crippen LogP contribution in [0.5, 0.6) is 0 Å². The molecule has 1 heterocycles. The molecule has 0 saturated carbocycles. The van der Waals surface area contributed by atoms with E-state index < -0.39 is 0 Å². The van der Waals surface area contributed by atoms with Crippen molar-refractivity contribution in [3.63, 3.8) is 0 Å². The number of hydrogen-bond acceptors (Lipinski definition) is 5. The molecule has 0 aliphatic heterocycles. The van der Waals surface area contributed by atoms with Gasteiger partial charge in [0, 0.05) is 23.1 Å². The fourth-order valence-electron chi connectivity index (χ4n) is 2.16. The number of benzene rings is 2. The molecule has 0 spiro atoms. The van der Waals surface area contributed by atoms with Gasteiger partial charge in [-0.1, -0.05) is 6.07 Å². The van der Waals surface area contributed by atoms with Gasteiger partial charge >= 0.3 is 0 Å². The van der Waals surface area contributed by atoms with Crippen molar-refractivity contribution in [2.75, 3.05) is 10.6 Å². The van der Waals surface area contributed by atoms with Crippen molar-refractivity contribution < 1.29 is 4.39 Å². The summed E-state index contributed by atoms with van der Waals surface area (Å²) in [4.78, 5) is 8.71. The topological polar surface area (TPSA) is 73.6 Å². The highest BCUT2D eigenvalue weighted by molar-refractivity contribution is 5.60. The molecule has 118 valence electrons. The molecule has 0 aliphatic rings.